The molecule has 0 saturated heterocycles. The van der Waals surface area contributed by atoms with Crippen LogP contribution in [0.25, 0.3) is 0 Å². The topological polar surface area (TPSA) is 0 Å². The van der Waals surface area contributed by atoms with Gasteiger partial charge in [0.2, 0.25) is 0 Å². The molecule has 0 unspecified atom stereocenters. The van der Waals surface area contributed by atoms with Gasteiger partial charge in [0.05, 0.1) is 0 Å². The molecule has 0 radical (unpaired) electrons. The number of rotatable bonds is 2. The van der Waals surface area contributed by atoms with Crippen LogP contribution in [0.1, 0.15) is 50.7 Å². The third-order valence-electron chi connectivity index (χ3n) is 4.13. The smallest absolute Gasteiger partial charge is 0.0210 e. The van der Waals surface area contributed by atoms with Crippen molar-refractivity contribution in [3.8, 4) is 0 Å². The molecule has 15 heavy (non-hydrogen) atoms. The Morgan fingerprint density at radius 3 is 2.67 bits per heavy atom. The largest absolute Gasteiger partial charge is 0.0645 e. The number of hydrogen-bond acceptors (Lipinski definition) is 0. The fourth-order valence-corrected chi connectivity index (χ4v) is 3.60. The van der Waals surface area contributed by atoms with Crippen LogP contribution in [0, 0.1) is 0 Å². The van der Waals surface area contributed by atoms with E-state index in [1.165, 1.54) is 36.6 Å². The summed E-state index contributed by atoms with van der Waals surface area (Å²) in [6.07, 6.45) is 6.50. The normalized spacial score (nSPS) is 18.6. The van der Waals surface area contributed by atoms with E-state index in [1.807, 2.05) is 0 Å². The van der Waals surface area contributed by atoms with Crippen molar-refractivity contribution in [1.29, 1.82) is 0 Å². The van der Waals surface area contributed by atoms with E-state index in [2.05, 4.69) is 48.0 Å². The molecule has 0 atom stereocenters. The fraction of sp³-hybridized carbons (Fsp3) is 0.571. The Balaban J connectivity index is 2.55. The summed E-state index contributed by atoms with van der Waals surface area (Å²) in [5.41, 5.74) is 3.62. The maximum atomic E-state index is 3.69. The third kappa shape index (κ3) is 1.75. The lowest BCUT2D eigenvalue weighted by atomic mass is 9.67. The van der Waals surface area contributed by atoms with Crippen molar-refractivity contribution in [1.82, 2.24) is 0 Å². The van der Waals surface area contributed by atoms with E-state index >= 15 is 0 Å². The number of hydrogen-bond donors (Lipinski definition) is 0. The van der Waals surface area contributed by atoms with Crippen molar-refractivity contribution in [2.24, 2.45) is 0 Å². The quantitative estimate of drug-likeness (QED) is 0.719. The summed E-state index contributed by atoms with van der Waals surface area (Å²) < 4.78 is 1.31. The Bertz CT molecular complexity index is 350. The molecule has 1 aromatic rings. The minimum Gasteiger partial charge on any atom is -0.0645 e. The predicted molar refractivity (Wildman–Crippen MR) is 69.3 cm³/mol. The zero-order valence-corrected chi connectivity index (χ0v) is 11.2. The molecular formula is C14H19Br. The molecular weight excluding hydrogens is 248 g/mol. The lowest BCUT2D eigenvalue weighted by Crippen LogP contribution is -2.29. The molecule has 0 heterocycles. The van der Waals surface area contributed by atoms with E-state index in [-0.39, 0.29) is 0 Å². The zero-order chi connectivity index (χ0) is 10.9. The molecule has 1 heteroatoms. The lowest BCUT2D eigenvalue weighted by Gasteiger charge is -2.38. The van der Waals surface area contributed by atoms with E-state index in [1.54, 1.807) is 11.1 Å². The first kappa shape index (κ1) is 11.2. The van der Waals surface area contributed by atoms with Gasteiger partial charge in [0.15, 0.2) is 0 Å². The van der Waals surface area contributed by atoms with Gasteiger partial charge in [-0.25, -0.2) is 0 Å². The van der Waals surface area contributed by atoms with Crippen molar-refractivity contribution in [2.45, 2.75) is 51.4 Å². The molecule has 1 aliphatic rings. The van der Waals surface area contributed by atoms with Crippen LogP contribution >= 0.6 is 15.9 Å². The van der Waals surface area contributed by atoms with Crippen molar-refractivity contribution in [3.63, 3.8) is 0 Å². The van der Waals surface area contributed by atoms with Crippen molar-refractivity contribution in [2.75, 3.05) is 0 Å². The van der Waals surface area contributed by atoms with Gasteiger partial charge in [-0.15, -0.1) is 0 Å². The maximum Gasteiger partial charge on any atom is 0.0210 e. The molecule has 0 N–H and O–H groups in total. The first-order chi connectivity index (χ1) is 7.23. The average Bonchev–Trinajstić information content (AvgIpc) is 2.29. The first-order valence-corrected chi connectivity index (χ1v) is 6.80. The van der Waals surface area contributed by atoms with Crippen LogP contribution < -0.4 is 0 Å². The lowest BCUT2D eigenvalue weighted by molar-refractivity contribution is 0.335. The summed E-state index contributed by atoms with van der Waals surface area (Å²) in [5, 5.41) is 0. The first-order valence-electron chi connectivity index (χ1n) is 6.01. The standard InChI is InChI=1S/C14H19Br/c1-3-14(4-2)10-6-7-11-12(14)8-5-9-13(11)15/h5,8-9H,3-4,6-7,10H2,1-2H3. The molecule has 0 aliphatic heterocycles. The van der Waals surface area contributed by atoms with Gasteiger partial charge >= 0.3 is 0 Å². The van der Waals surface area contributed by atoms with E-state index in [9.17, 15) is 0 Å². The Kier molecular flexibility index (Phi) is 3.20. The van der Waals surface area contributed by atoms with Gasteiger partial charge < -0.3 is 0 Å². The van der Waals surface area contributed by atoms with Crippen LogP contribution in [0.5, 0.6) is 0 Å². The van der Waals surface area contributed by atoms with Crippen molar-refractivity contribution in [3.05, 3.63) is 33.8 Å². The Hall–Kier alpha value is -0.300. The van der Waals surface area contributed by atoms with Crippen LogP contribution in [-0.4, -0.2) is 0 Å². The fourth-order valence-electron chi connectivity index (χ4n) is 3.03. The molecule has 0 aromatic heterocycles. The third-order valence-corrected chi connectivity index (χ3v) is 4.87. The highest BCUT2D eigenvalue weighted by Crippen LogP contribution is 2.44. The molecule has 0 amide bonds. The van der Waals surface area contributed by atoms with Crippen molar-refractivity contribution >= 4 is 15.9 Å². The molecule has 82 valence electrons. The number of benzene rings is 1. The highest BCUT2D eigenvalue weighted by molar-refractivity contribution is 9.10. The SMILES string of the molecule is CCC1(CC)CCCc2c(Br)cccc21. The van der Waals surface area contributed by atoms with Crippen LogP contribution in [0.2, 0.25) is 0 Å². The summed E-state index contributed by atoms with van der Waals surface area (Å²) in [6.45, 7) is 4.67. The van der Waals surface area contributed by atoms with Crippen LogP contribution in [0.4, 0.5) is 0 Å². The molecule has 1 aliphatic carbocycles. The van der Waals surface area contributed by atoms with Gasteiger partial charge in [-0.2, -0.15) is 0 Å². The van der Waals surface area contributed by atoms with E-state index < -0.39 is 0 Å². The highest BCUT2D eigenvalue weighted by Gasteiger charge is 2.33. The molecule has 0 spiro atoms. The van der Waals surface area contributed by atoms with Gasteiger partial charge in [-0.05, 0) is 54.7 Å². The Morgan fingerprint density at radius 2 is 2.00 bits per heavy atom. The predicted octanol–water partition coefficient (Wildman–Crippen LogP) is 4.84. The number of fused-ring (bicyclic) bond motifs is 1. The zero-order valence-electron chi connectivity index (χ0n) is 9.65. The second kappa shape index (κ2) is 4.29. The van der Waals surface area contributed by atoms with Gasteiger partial charge in [0, 0.05) is 4.47 Å². The van der Waals surface area contributed by atoms with Gasteiger partial charge in [-0.3, -0.25) is 0 Å². The number of halogens is 1. The van der Waals surface area contributed by atoms with Crippen LogP contribution in [-0.2, 0) is 11.8 Å². The van der Waals surface area contributed by atoms with Crippen molar-refractivity contribution < 1.29 is 0 Å². The monoisotopic (exact) mass is 266 g/mol. The van der Waals surface area contributed by atoms with Gasteiger partial charge in [0.25, 0.3) is 0 Å². The maximum absolute atomic E-state index is 3.69. The van der Waals surface area contributed by atoms with E-state index in [0.717, 1.165) is 0 Å². The summed E-state index contributed by atoms with van der Waals surface area (Å²) in [6, 6.07) is 6.71. The summed E-state index contributed by atoms with van der Waals surface area (Å²) in [7, 11) is 0. The van der Waals surface area contributed by atoms with Gasteiger partial charge in [-0.1, -0.05) is 41.9 Å². The Labute approximate surface area is 101 Å². The van der Waals surface area contributed by atoms with E-state index in [0.29, 0.717) is 5.41 Å². The average molecular weight is 267 g/mol. The molecule has 0 bridgehead atoms. The van der Waals surface area contributed by atoms with Gasteiger partial charge in [0.1, 0.15) is 0 Å². The minimum atomic E-state index is 0.456. The summed E-state index contributed by atoms with van der Waals surface area (Å²) >= 11 is 3.69. The van der Waals surface area contributed by atoms with Crippen LogP contribution in [0.15, 0.2) is 22.7 Å². The van der Waals surface area contributed by atoms with Crippen LogP contribution in [0.3, 0.4) is 0 Å². The molecule has 0 saturated carbocycles. The molecule has 0 fully saturated rings. The molecule has 0 nitrogen and oxygen atoms in total. The molecule has 2 rings (SSSR count). The minimum absolute atomic E-state index is 0.456. The second-order valence-corrected chi connectivity index (χ2v) is 5.46. The summed E-state index contributed by atoms with van der Waals surface area (Å²) in [5.74, 6) is 0. The summed E-state index contributed by atoms with van der Waals surface area (Å²) in [4.78, 5) is 0. The second-order valence-electron chi connectivity index (χ2n) is 4.61. The highest BCUT2D eigenvalue weighted by atomic mass is 79.9. The van der Waals surface area contributed by atoms with E-state index in [4.69, 9.17) is 0 Å². The molecule has 1 aromatic carbocycles. The Morgan fingerprint density at radius 1 is 1.27 bits per heavy atom.